The molecule has 0 bridgehead atoms. The maximum absolute atomic E-state index is 10.9. The molecule has 1 N–H and O–H groups in total. The number of benzene rings is 2. The van der Waals surface area contributed by atoms with Crippen LogP contribution >= 0.6 is 0 Å². The van der Waals surface area contributed by atoms with Gasteiger partial charge in [-0.15, -0.1) is 0 Å². The van der Waals surface area contributed by atoms with E-state index in [4.69, 9.17) is 0 Å². The Kier molecular flexibility index (Phi) is 2.73. The zero-order chi connectivity index (χ0) is 11.5. The fourth-order valence-electron chi connectivity index (χ4n) is 1.76. The van der Waals surface area contributed by atoms with Crippen molar-refractivity contribution in [3.63, 3.8) is 0 Å². The van der Waals surface area contributed by atoms with Gasteiger partial charge in [-0.2, -0.15) is 0 Å². The van der Waals surface area contributed by atoms with Crippen molar-refractivity contribution in [3.8, 4) is 16.9 Å². The first-order valence-electron chi connectivity index (χ1n) is 5.07. The van der Waals surface area contributed by atoms with Crippen molar-refractivity contribution in [1.29, 1.82) is 0 Å². The summed E-state index contributed by atoms with van der Waals surface area (Å²) in [6, 6.07) is 12.7. The molecule has 0 aromatic heterocycles. The minimum absolute atomic E-state index is 0.248. The molecule has 0 saturated carbocycles. The van der Waals surface area contributed by atoms with Crippen molar-refractivity contribution in [1.82, 2.24) is 0 Å². The molecule has 2 heteroatoms. The summed E-state index contributed by atoms with van der Waals surface area (Å²) in [6.45, 7) is 1.84. The van der Waals surface area contributed by atoms with E-state index >= 15 is 0 Å². The van der Waals surface area contributed by atoms with E-state index in [1.54, 1.807) is 18.2 Å². The van der Waals surface area contributed by atoms with Crippen LogP contribution in [-0.4, -0.2) is 11.4 Å². The van der Waals surface area contributed by atoms with E-state index in [9.17, 15) is 9.90 Å². The van der Waals surface area contributed by atoms with Gasteiger partial charge in [-0.1, -0.05) is 36.4 Å². The van der Waals surface area contributed by atoms with Gasteiger partial charge in [-0.05, 0) is 29.7 Å². The van der Waals surface area contributed by atoms with Crippen molar-refractivity contribution in [2.75, 3.05) is 0 Å². The molecule has 0 spiro atoms. The Labute approximate surface area is 94.2 Å². The SMILES string of the molecule is Cc1c(O)cccc1-c1ccccc1C=O. The molecule has 2 rings (SSSR count). The zero-order valence-electron chi connectivity index (χ0n) is 8.97. The average Bonchev–Trinajstić information content (AvgIpc) is 2.33. The van der Waals surface area contributed by atoms with Crippen LogP contribution in [-0.2, 0) is 0 Å². The smallest absolute Gasteiger partial charge is 0.150 e. The van der Waals surface area contributed by atoms with E-state index in [0.29, 0.717) is 5.56 Å². The molecule has 2 aromatic carbocycles. The van der Waals surface area contributed by atoms with Crippen molar-refractivity contribution in [2.45, 2.75) is 6.92 Å². The molecule has 0 radical (unpaired) electrons. The first kappa shape index (κ1) is 10.4. The second-order valence-electron chi connectivity index (χ2n) is 3.65. The van der Waals surface area contributed by atoms with Gasteiger partial charge >= 0.3 is 0 Å². The molecule has 0 aliphatic rings. The van der Waals surface area contributed by atoms with Gasteiger partial charge in [0.1, 0.15) is 5.75 Å². The van der Waals surface area contributed by atoms with Gasteiger partial charge in [0.15, 0.2) is 6.29 Å². The van der Waals surface area contributed by atoms with Crippen LogP contribution in [0.1, 0.15) is 15.9 Å². The maximum Gasteiger partial charge on any atom is 0.150 e. The number of carbonyl (C=O) groups is 1. The van der Waals surface area contributed by atoms with Crippen LogP contribution < -0.4 is 0 Å². The molecule has 0 aliphatic carbocycles. The average molecular weight is 212 g/mol. The summed E-state index contributed by atoms with van der Waals surface area (Å²) >= 11 is 0. The van der Waals surface area contributed by atoms with E-state index in [0.717, 1.165) is 23.0 Å². The number of carbonyl (C=O) groups excluding carboxylic acids is 1. The van der Waals surface area contributed by atoms with E-state index < -0.39 is 0 Å². The fraction of sp³-hybridized carbons (Fsp3) is 0.0714. The molecule has 80 valence electrons. The van der Waals surface area contributed by atoms with E-state index in [2.05, 4.69) is 0 Å². The Bertz CT molecular complexity index is 530. The third kappa shape index (κ3) is 1.70. The summed E-state index contributed by atoms with van der Waals surface area (Å²) in [5.74, 6) is 0.248. The molecule has 0 heterocycles. The van der Waals surface area contributed by atoms with Crippen molar-refractivity contribution < 1.29 is 9.90 Å². The number of phenols is 1. The fourth-order valence-corrected chi connectivity index (χ4v) is 1.76. The van der Waals surface area contributed by atoms with Gasteiger partial charge in [-0.3, -0.25) is 4.79 Å². The van der Waals surface area contributed by atoms with Crippen LogP contribution in [0.25, 0.3) is 11.1 Å². The lowest BCUT2D eigenvalue weighted by Crippen LogP contribution is -1.89. The Balaban J connectivity index is 2.67. The number of hydrogen-bond acceptors (Lipinski definition) is 2. The van der Waals surface area contributed by atoms with Crippen LogP contribution in [0.4, 0.5) is 0 Å². The summed E-state index contributed by atoms with van der Waals surface area (Å²) in [4.78, 5) is 10.9. The molecule has 0 aliphatic heterocycles. The quantitative estimate of drug-likeness (QED) is 0.776. The normalized spacial score (nSPS) is 10.1. The van der Waals surface area contributed by atoms with Crippen LogP contribution in [0.5, 0.6) is 5.75 Å². The molecule has 2 nitrogen and oxygen atoms in total. The molecule has 0 amide bonds. The molecule has 2 aromatic rings. The van der Waals surface area contributed by atoms with Crippen LogP contribution in [0, 0.1) is 6.92 Å². The highest BCUT2D eigenvalue weighted by Crippen LogP contribution is 2.30. The van der Waals surface area contributed by atoms with Crippen molar-refractivity contribution >= 4 is 6.29 Å². The molecule has 0 atom stereocenters. The lowest BCUT2D eigenvalue weighted by Gasteiger charge is -2.09. The minimum atomic E-state index is 0.248. The summed E-state index contributed by atoms with van der Waals surface area (Å²) in [7, 11) is 0. The topological polar surface area (TPSA) is 37.3 Å². The van der Waals surface area contributed by atoms with Crippen LogP contribution in [0.15, 0.2) is 42.5 Å². The minimum Gasteiger partial charge on any atom is -0.508 e. The van der Waals surface area contributed by atoms with Gasteiger partial charge < -0.3 is 5.11 Å². The number of aldehydes is 1. The lowest BCUT2D eigenvalue weighted by atomic mass is 9.96. The summed E-state index contributed by atoms with van der Waals surface area (Å²) < 4.78 is 0. The Hall–Kier alpha value is -2.09. The summed E-state index contributed by atoms with van der Waals surface area (Å²) in [6.07, 6.45) is 0.832. The van der Waals surface area contributed by atoms with E-state index in [-0.39, 0.29) is 5.75 Å². The van der Waals surface area contributed by atoms with E-state index in [1.807, 2.05) is 31.2 Å². The van der Waals surface area contributed by atoms with Gasteiger partial charge in [-0.25, -0.2) is 0 Å². The van der Waals surface area contributed by atoms with Gasteiger partial charge in [0.05, 0.1) is 0 Å². The predicted molar refractivity (Wildman–Crippen MR) is 63.7 cm³/mol. The number of hydrogen-bond donors (Lipinski definition) is 1. The van der Waals surface area contributed by atoms with Crippen molar-refractivity contribution in [3.05, 3.63) is 53.6 Å². The number of rotatable bonds is 2. The molecule has 16 heavy (non-hydrogen) atoms. The molecule has 0 saturated heterocycles. The first-order valence-corrected chi connectivity index (χ1v) is 5.07. The molecular formula is C14H12O2. The third-order valence-electron chi connectivity index (χ3n) is 2.68. The monoisotopic (exact) mass is 212 g/mol. The number of phenolic OH excluding ortho intramolecular Hbond substituents is 1. The van der Waals surface area contributed by atoms with Gasteiger partial charge in [0, 0.05) is 5.56 Å². The van der Waals surface area contributed by atoms with Crippen molar-refractivity contribution in [2.24, 2.45) is 0 Å². The number of aromatic hydroxyl groups is 1. The van der Waals surface area contributed by atoms with Crippen LogP contribution in [0.2, 0.25) is 0 Å². The Morgan fingerprint density at radius 3 is 2.44 bits per heavy atom. The highest BCUT2D eigenvalue weighted by atomic mass is 16.3. The molecule has 0 fully saturated rings. The predicted octanol–water partition coefficient (Wildman–Crippen LogP) is 3.18. The standard InChI is InChI=1S/C14H12O2/c1-10-12(7-4-8-14(10)16)13-6-3-2-5-11(13)9-15/h2-9,16H,1H3. The van der Waals surface area contributed by atoms with E-state index in [1.165, 1.54) is 0 Å². The van der Waals surface area contributed by atoms with Crippen LogP contribution in [0.3, 0.4) is 0 Å². The summed E-state index contributed by atoms with van der Waals surface area (Å²) in [5.41, 5.74) is 3.17. The highest BCUT2D eigenvalue weighted by Gasteiger charge is 2.08. The van der Waals surface area contributed by atoms with Gasteiger partial charge in [0.2, 0.25) is 0 Å². The highest BCUT2D eigenvalue weighted by molar-refractivity contribution is 5.88. The Morgan fingerprint density at radius 2 is 1.69 bits per heavy atom. The lowest BCUT2D eigenvalue weighted by molar-refractivity contribution is 0.112. The first-order chi connectivity index (χ1) is 7.74. The molecule has 0 unspecified atom stereocenters. The zero-order valence-corrected chi connectivity index (χ0v) is 8.97. The Morgan fingerprint density at radius 1 is 1.00 bits per heavy atom. The maximum atomic E-state index is 10.9. The second kappa shape index (κ2) is 4.19. The largest absolute Gasteiger partial charge is 0.508 e. The molecular weight excluding hydrogens is 200 g/mol. The van der Waals surface area contributed by atoms with Gasteiger partial charge in [0.25, 0.3) is 0 Å². The summed E-state index contributed by atoms with van der Waals surface area (Å²) in [5, 5.41) is 9.64. The third-order valence-corrected chi connectivity index (χ3v) is 2.68. The second-order valence-corrected chi connectivity index (χ2v) is 3.65.